The summed E-state index contributed by atoms with van der Waals surface area (Å²) in [5.74, 6) is -0.759. The Hall–Kier alpha value is -1.28. The van der Waals surface area contributed by atoms with Crippen molar-refractivity contribution in [2.45, 2.75) is 6.04 Å². The molecule has 1 radical (unpaired) electrons. The fourth-order valence-electron chi connectivity index (χ4n) is 1.15. The van der Waals surface area contributed by atoms with E-state index in [2.05, 4.69) is 22.3 Å². The Balaban J connectivity index is 2.29. The number of nitrogens with zero attached hydrogens (tertiary/aromatic N) is 1. The van der Waals surface area contributed by atoms with E-state index in [0.717, 1.165) is 6.47 Å². The molecular formula is C9H14N3O4. The fraction of sp³-hybridized carbons (Fsp3) is 0.556. The van der Waals surface area contributed by atoms with Gasteiger partial charge in [-0.1, -0.05) is 6.08 Å². The average Bonchev–Trinajstić information content (AvgIpc) is 2.31. The minimum atomic E-state index is -0.802. The van der Waals surface area contributed by atoms with E-state index in [4.69, 9.17) is 4.74 Å². The van der Waals surface area contributed by atoms with E-state index < -0.39 is 12.0 Å². The summed E-state index contributed by atoms with van der Waals surface area (Å²) in [5.41, 5.74) is 5.49. The van der Waals surface area contributed by atoms with Crippen LogP contribution in [-0.4, -0.2) is 49.8 Å². The fourth-order valence-corrected chi connectivity index (χ4v) is 1.15. The Labute approximate surface area is 93.3 Å². The van der Waals surface area contributed by atoms with Crippen LogP contribution in [0.15, 0.2) is 12.7 Å². The van der Waals surface area contributed by atoms with Crippen molar-refractivity contribution in [1.82, 2.24) is 16.0 Å². The lowest BCUT2D eigenvalue weighted by Gasteiger charge is -2.28. The number of hydrogen-bond donors (Lipinski definition) is 2. The van der Waals surface area contributed by atoms with Crippen molar-refractivity contribution in [3.05, 3.63) is 12.7 Å². The monoisotopic (exact) mass is 228 g/mol. The molecule has 1 aliphatic heterocycles. The van der Waals surface area contributed by atoms with Gasteiger partial charge in [-0.25, -0.2) is 20.0 Å². The van der Waals surface area contributed by atoms with Crippen LogP contribution >= 0.6 is 0 Å². The Morgan fingerprint density at radius 2 is 2.25 bits per heavy atom. The quantitative estimate of drug-likeness (QED) is 0.248. The van der Waals surface area contributed by atoms with Crippen molar-refractivity contribution in [1.29, 1.82) is 0 Å². The van der Waals surface area contributed by atoms with Gasteiger partial charge < -0.3 is 9.47 Å². The highest BCUT2D eigenvalue weighted by atomic mass is 16.6. The van der Waals surface area contributed by atoms with Gasteiger partial charge in [-0.3, -0.25) is 0 Å². The summed E-state index contributed by atoms with van der Waals surface area (Å²) < 4.78 is 9.22. The molecule has 7 nitrogen and oxygen atoms in total. The molecule has 1 heterocycles. The van der Waals surface area contributed by atoms with Gasteiger partial charge in [0, 0.05) is 13.1 Å². The number of hydrazine groups is 2. The zero-order valence-corrected chi connectivity index (χ0v) is 8.77. The zero-order valence-electron chi connectivity index (χ0n) is 8.77. The lowest BCUT2D eigenvalue weighted by Crippen LogP contribution is -2.56. The summed E-state index contributed by atoms with van der Waals surface area (Å²) in [5, 5.41) is 1.85. The predicted molar refractivity (Wildman–Crippen MR) is 54.4 cm³/mol. The normalized spacial score (nSPS) is 18.8. The van der Waals surface area contributed by atoms with Gasteiger partial charge >= 0.3 is 12.4 Å². The topological polar surface area (TPSA) is 79.9 Å². The van der Waals surface area contributed by atoms with Crippen LogP contribution in [0.1, 0.15) is 0 Å². The molecule has 1 unspecified atom stereocenters. The molecule has 7 heteroatoms. The second-order valence-corrected chi connectivity index (χ2v) is 3.07. The van der Waals surface area contributed by atoms with Gasteiger partial charge in [0.2, 0.25) is 0 Å². The van der Waals surface area contributed by atoms with Gasteiger partial charge in [-0.05, 0) is 0 Å². The van der Waals surface area contributed by atoms with E-state index in [0.29, 0.717) is 26.3 Å². The highest BCUT2D eigenvalue weighted by Crippen LogP contribution is 1.92. The molecule has 0 aromatic carbocycles. The maximum absolute atomic E-state index is 11.1. The summed E-state index contributed by atoms with van der Waals surface area (Å²) in [6.45, 7) is 7.17. The molecule has 0 aromatic heterocycles. The number of carbonyl (C=O) groups excluding carboxylic acids is 2. The van der Waals surface area contributed by atoms with Crippen LogP contribution < -0.4 is 11.0 Å². The molecular weight excluding hydrogens is 214 g/mol. The maximum Gasteiger partial charge on any atom is 0.425 e. The molecule has 0 aliphatic carbocycles. The number of morpholine rings is 1. The minimum absolute atomic E-state index is 0.625. The Kier molecular flexibility index (Phi) is 5.65. The largest absolute Gasteiger partial charge is 0.425 e. The molecule has 1 saturated heterocycles. The number of ether oxygens (including phenoxy) is 2. The number of hydrogen-bond acceptors (Lipinski definition) is 7. The minimum Gasteiger partial charge on any atom is -0.383 e. The molecule has 0 bridgehead atoms. The maximum atomic E-state index is 11.1. The van der Waals surface area contributed by atoms with Crippen LogP contribution in [0.3, 0.4) is 0 Å². The number of nitrogens with one attached hydrogen (secondary N) is 2. The second-order valence-electron chi connectivity index (χ2n) is 3.07. The van der Waals surface area contributed by atoms with E-state index in [9.17, 15) is 9.59 Å². The summed E-state index contributed by atoms with van der Waals surface area (Å²) in [4.78, 5) is 21.0. The summed E-state index contributed by atoms with van der Waals surface area (Å²) in [6, 6.07) is -0.802. The molecule has 1 fully saturated rings. The zero-order chi connectivity index (χ0) is 11.8. The van der Waals surface area contributed by atoms with E-state index in [-0.39, 0.29) is 0 Å². The first-order valence-corrected chi connectivity index (χ1v) is 4.82. The Morgan fingerprint density at radius 3 is 2.81 bits per heavy atom. The molecule has 0 aromatic rings. The Morgan fingerprint density at radius 1 is 1.56 bits per heavy atom. The first-order chi connectivity index (χ1) is 7.77. The van der Waals surface area contributed by atoms with E-state index in [1.807, 2.05) is 5.01 Å². The van der Waals surface area contributed by atoms with Crippen molar-refractivity contribution < 1.29 is 19.1 Å². The molecule has 2 N–H and O–H groups in total. The van der Waals surface area contributed by atoms with Crippen LogP contribution in [0.25, 0.3) is 0 Å². The van der Waals surface area contributed by atoms with E-state index in [1.165, 1.54) is 6.08 Å². The standard InChI is InChI=1S/C9H14N3O4/c1-2-8(9(14)16-7-13)10-11-12-3-5-15-6-4-12/h2,8,10-11H,1,3-6H2. The SMILES string of the molecule is C=CC(NNN1CCOCC1)C(=O)O[C]=O. The Bertz CT molecular complexity index is 253. The molecule has 0 amide bonds. The first kappa shape index (κ1) is 12.8. The summed E-state index contributed by atoms with van der Waals surface area (Å²) in [6.07, 6.45) is 1.33. The number of esters is 1. The van der Waals surface area contributed by atoms with Gasteiger partial charge in [-0.15, -0.1) is 6.58 Å². The van der Waals surface area contributed by atoms with E-state index in [1.54, 1.807) is 0 Å². The van der Waals surface area contributed by atoms with Gasteiger partial charge in [0.05, 0.1) is 13.2 Å². The van der Waals surface area contributed by atoms with Crippen molar-refractivity contribution in [3.63, 3.8) is 0 Å². The van der Waals surface area contributed by atoms with Crippen molar-refractivity contribution >= 4 is 12.4 Å². The molecule has 0 saturated carbocycles. The lowest BCUT2D eigenvalue weighted by molar-refractivity contribution is -0.137. The molecule has 0 spiro atoms. The highest BCUT2D eigenvalue weighted by molar-refractivity contribution is 5.83. The highest BCUT2D eigenvalue weighted by Gasteiger charge is 2.18. The van der Waals surface area contributed by atoms with Gasteiger partial charge in [-0.2, -0.15) is 5.53 Å². The third-order valence-electron chi connectivity index (χ3n) is 2.02. The number of carbonyl (C=O) groups is 1. The van der Waals surface area contributed by atoms with Crippen LogP contribution in [0, 0.1) is 0 Å². The van der Waals surface area contributed by atoms with Gasteiger partial charge in [0.15, 0.2) is 0 Å². The molecule has 89 valence electrons. The van der Waals surface area contributed by atoms with Crippen LogP contribution in [-0.2, 0) is 19.1 Å². The van der Waals surface area contributed by atoms with Crippen LogP contribution in [0.5, 0.6) is 0 Å². The summed E-state index contributed by atoms with van der Waals surface area (Å²) >= 11 is 0. The first-order valence-electron chi connectivity index (χ1n) is 4.82. The van der Waals surface area contributed by atoms with Crippen molar-refractivity contribution in [2.75, 3.05) is 26.3 Å². The molecule has 16 heavy (non-hydrogen) atoms. The third kappa shape index (κ3) is 4.07. The van der Waals surface area contributed by atoms with Crippen LogP contribution in [0.4, 0.5) is 0 Å². The molecule has 1 rings (SSSR count). The average molecular weight is 228 g/mol. The van der Waals surface area contributed by atoms with Crippen LogP contribution in [0.2, 0.25) is 0 Å². The smallest absolute Gasteiger partial charge is 0.383 e. The van der Waals surface area contributed by atoms with Crippen molar-refractivity contribution in [2.24, 2.45) is 0 Å². The molecule has 1 aliphatic rings. The predicted octanol–water partition coefficient (Wildman–Crippen LogP) is -1.51. The summed E-state index contributed by atoms with van der Waals surface area (Å²) in [7, 11) is 0. The van der Waals surface area contributed by atoms with Gasteiger partial charge in [0.25, 0.3) is 0 Å². The van der Waals surface area contributed by atoms with Gasteiger partial charge in [0.1, 0.15) is 6.04 Å². The second kappa shape index (κ2) is 7.07. The number of rotatable bonds is 6. The van der Waals surface area contributed by atoms with E-state index >= 15 is 0 Å². The molecule has 1 atom stereocenters. The lowest BCUT2D eigenvalue weighted by atomic mass is 10.3. The third-order valence-corrected chi connectivity index (χ3v) is 2.02. The van der Waals surface area contributed by atoms with Crippen molar-refractivity contribution in [3.8, 4) is 0 Å².